The van der Waals surface area contributed by atoms with Crippen LogP contribution in [0.1, 0.15) is 34.0 Å². The number of nitrogens with zero attached hydrogens (tertiary/aromatic N) is 3. The molecule has 1 aliphatic rings. The van der Waals surface area contributed by atoms with Gasteiger partial charge in [0.2, 0.25) is 5.78 Å². The second-order valence-corrected chi connectivity index (χ2v) is 7.00. The van der Waals surface area contributed by atoms with E-state index in [1.807, 2.05) is 35.9 Å². The smallest absolute Gasteiger partial charge is 0.270 e. The number of carbonyl (C=O) groups excluding carboxylic acids is 2. The molecule has 0 atom stereocenters. The predicted octanol–water partition coefficient (Wildman–Crippen LogP) is 3.55. The lowest BCUT2D eigenvalue weighted by atomic mass is 9.92. The second-order valence-electron chi connectivity index (χ2n) is 6.56. The van der Waals surface area contributed by atoms with Crippen LogP contribution in [0.3, 0.4) is 0 Å². The molecule has 1 aliphatic heterocycles. The van der Waals surface area contributed by atoms with E-state index in [9.17, 15) is 9.59 Å². The average Bonchev–Trinajstić information content (AvgIpc) is 3.29. The van der Waals surface area contributed by atoms with Crippen molar-refractivity contribution in [2.75, 3.05) is 13.1 Å². The number of aromatic nitrogens is 2. The van der Waals surface area contributed by atoms with Crippen molar-refractivity contribution >= 4 is 34.2 Å². The topological polar surface area (TPSA) is 68.3 Å². The van der Waals surface area contributed by atoms with Gasteiger partial charge in [0.15, 0.2) is 0 Å². The molecule has 1 amide bonds. The number of rotatable bonds is 3. The van der Waals surface area contributed by atoms with Crippen molar-refractivity contribution in [1.29, 1.82) is 0 Å². The van der Waals surface area contributed by atoms with Crippen LogP contribution in [0.2, 0.25) is 5.02 Å². The number of amides is 1. The van der Waals surface area contributed by atoms with Crippen LogP contribution >= 0.6 is 11.6 Å². The average molecular weight is 372 g/mol. The number of halogens is 1. The molecular weight excluding hydrogens is 354 g/mol. The zero-order valence-corrected chi connectivity index (χ0v) is 15.1. The molecule has 1 saturated heterocycles. The van der Waals surface area contributed by atoms with Crippen LogP contribution in [0.4, 0.5) is 0 Å². The van der Waals surface area contributed by atoms with Crippen molar-refractivity contribution in [2.45, 2.75) is 12.8 Å². The molecule has 0 bridgehead atoms. The van der Waals surface area contributed by atoms with Gasteiger partial charge in [0.25, 0.3) is 11.8 Å². The number of Topliss-reactive ketones (excluding diaryl/α,β-unsaturated/α-hetero) is 1. The van der Waals surface area contributed by atoms with E-state index >= 15 is 0 Å². The number of carbonyl (C=O) groups is 2. The normalized spacial score (nSPS) is 15.5. The van der Waals surface area contributed by atoms with Gasteiger partial charge in [-0.3, -0.25) is 9.59 Å². The molecule has 0 N–H and O–H groups in total. The number of benzene rings is 1. The van der Waals surface area contributed by atoms with Gasteiger partial charge >= 0.3 is 0 Å². The molecule has 2 aromatic heterocycles. The maximum Gasteiger partial charge on any atom is 0.270 e. The number of likely N-dealkylation sites (tertiary alicyclic amines) is 1. The summed E-state index contributed by atoms with van der Waals surface area (Å²) in [4.78, 5) is 31.0. The first-order valence-electron chi connectivity index (χ1n) is 8.52. The molecule has 134 valence electrons. The molecular formula is C19H18ClN3O3. The fourth-order valence-electron chi connectivity index (χ4n) is 3.55. The van der Waals surface area contributed by atoms with Crippen molar-refractivity contribution in [3.8, 4) is 0 Å². The Morgan fingerprint density at radius 1 is 1.23 bits per heavy atom. The van der Waals surface area contributed by atoms with E-state index in [2.05, 4.69) is 4.98 Å². The van der Waals surface area contributed by atoms with Gasteiger partial charge in [-0.25, -0.2) is 4.98 Å². The maximum atomic E-state index is 12.9. The first-order valence-corrected chi connectivity index (χ1v) is 8.90. The summed E-state index contributed by atoms with van der Waals surface area (Å²) in [5, 5.41) is 1.59. The third kappa shape index (κ3) is 2.90. The van der Waals surface area contributed by atoms with Crippen molar-refractivity contribution in [3.63, 3.8) is 0 Å². The first kappa shape index (κ1) is 16.8. The minimum absolute atomic E-state index is 0.0261. The van der Waals surface area contributed by atoms with Crippen LogP contribution in [-0.4, -0.2) is 39.2 Å². The van der Waals surface area contributed by atoms with Crippen molar-refractivity contribution in [3.05, 3.63) is 53.3 Å². The van der Waals surface area contributed by atoms with Gasteiger partial charge in [0.05, 0.1) is 6.20 Å². The summed E-state index contributed by atoms with van der Waals surface area (Å²) in [6.45, 7) is 1.08. The summed E-state index contributed by atoms with van der Waals surface area (Å²) in [6, 6.07) is 7.45. The Labute approximate surface area is 155 Å². The van der Waals surface area contributed by atoms with E-state index in [4.69, 9.17) is 16.0 Å². The Morgan fingerprint density at radius 2 is 2.00 bits per heavy atom. The molecule has 0 radical (unpaired) electrons. The fourth-order valence-corrected chi connectivity index (χ4v) is 3.73. The third-order valence-corrected chi connectivity index (χ3v) is 5.25. The van der Waals surface area contributed by atoms with Crippen molar-refractivity contribution in [1.82, 2.24) is 14.5 Å². The van der Waals surface area contributed by atoms with Gasteiger partial charge < -0.3 is 13.9 Å². The Morgan fingerprint density at radius 3 is 2.69 bits per heavy atom. The van der Waals surface area contributed by atoms with Crippen molar-refractivity contribution < 1.29 is 14.0 Å². The highest BCUT2D eigenvalue weighted by Crippen LogP contribution is 2.26. The molecule has 1 aromatic carbocycles. The van der Waals surface area contributed by atoms with E-state index in [1.165, 1.54) is 12.5 Å². The largest absolute Gasteiger partial charge is 0.442 e. The van der Waals surface area contributed by atoms with Crippen LogP contribution in [0.25, 0.3) is 10.9 Å². The molecule has 1 fully saturated rings. The molecule has 4 rings (SSSR count). The molecule has 6 nitrogen and oxygen atoms in total. The lowest BCUT2D eigenvalue weighted by Crippen LogP contribution is -2.40. The Kier molecular flexibility index (Phi) is 4.28. The zero-order chi connectivity index (χ0) is 18.3. The van der Waals surface area contributed by atoms with Crippen LogP contribution < -0.4 is 0 Å². The minimum Gasteiger partial charge on any atom is -0.442 e. The number of oxazole rings is 1. The van der Waals surface area contributed by atoms with Crippen LogP contribution in [0, 0.1) is 5.92 Å². The summed E-state index contributed by atoms with van der Waals surface area (Å²) < 4.78 is 6.98. The fraction of sp³-hybridized carbons (Fsp3) is 0.316. The molecule has 0 unspecified atom stereocenters. The molecule has 0 saturated carbocycles. The Bertz CT molecular complexity index is 969. The molecule has 3 aromatic rings. The highest BCUT2D eigenvalue weighted by Gasteiger charge is 2.31. The van der Waals surface area contributed by atoms with Gasteiger partial charge in [0.1, 0.15) is 12.0 Å². The number of ketones is 1. The predicted molar refractivity (Wildman–Crippen MR) is 97.4 cm³/mol. The summed E-state index contributed by atoms with van der Waals surface area (Å²) >= 11 is 6.05. The Balaban J connectivity index is 1.49. The lowest BCUT2D eigenvalue weighted by Gasteiger charge is -2.30. The number of fused-ring (bicyclic) bond motifs is 1. The summed E-state index contributed by atoms with van der Waals surface area (Å²) in [5.74, 6) is -0.104. The summed E-state index contributed by atoms with van der Waals surface area (Å²) in [5.41, 5.74) is 1.59. The van der Waals surface area contributed by atoms with E-state index in [1.54, 1.807) is 4.90 Å². The summed E-state index contributed by atoms with van der Waals surface area (Å²) in [7, 11) is 1.88. The zero-order valence-electron chi connectivity index (χ0n) is 14.3. The van der Waals surface area contributed by atoms with E-state index in [0.29, 0.717) is 36.6 Å². The minimum atomic E-state index is -0.149. The molecule has 0 aliphatic carbocycles. The standard InChI is InChI=1S/C19H18ClN3O3/c1-22-15-3-2-14(20)10-13(15)11-16(22)19(25)23-7-4-12(5-8-23)17(24)18-21-6-9-26-18/h2-3,6,9-12H,4-5,7-8H2,1H3. The number of hydrogen-bond donors (Lipinski definition) is 0. The van der Waals surface area contributed by atoms with Gasteiger partial charge in [-0.1, -0.05) is 11.6 Å². The molecule has 26 heavy (non-hydrogen) atoms. The quantitative estimate of drug-likeness (QED) is 0.660. The molecule has 0 spiro atoms. The second kappa shape index (κ2) is 6.61. The molecule has 7 heteroatoms. The number of aryl methyl sites for hydroxylation is 1. The summed E-state index contributed by atoms with van der Waals surface area (Å²) in [6.07, 6.45) is 4.10. The highest BCUT2D eigenvalue weighted by molar-refractivity contribution is 6.31. The third-order valence-electron chi connectivity index (χ3n) is 5.02. The molecule has 3 heterocycles. The SMILES string of the molecule is Cn1c(C(=O)N2CCC(C(=O)c3ncco3)CC2)cc2cc(Cl)ccc21. The first-order chi connectivity index (χ1) is 12.5. The Hall–Kier alpha value is -2.60. The number of piperidine rings is 1. The van der Waals surface area contributed by atoms with Gasteiger partial charge in [-0.2, -0.15) is 0 Å². The van der Waals surface area contributed by atoms with E-state index in [-0.39, 0.29) is 23.5 Å². The van der Waals surface area contributed by atoms with E-state index < -0.39 is 0 Å². The van der Waals surface area contributed by atoms with Gasteiger partial charge in [0, 0.05) is 42.0 Å². The van der Waals surface area contributed by atoms with Crippen LogP contribution in [0.15, 0.2) is 41.1 Å². The maximum absolute atomic E-state index is 12.9. The lowest BCUT2D eigenvalue weighted by molar-refractivity contribution is 0.0633. The van der Waals surface area contributed by atoms with Crippen LogP contribution in [-0.2, 0) is 7.05 Å². The van der Waals surface area contributed by atoms with Crippen LogP contribution in [0.5, 0.6) is 0 Å². The van der Waals surface area contributed by atoms with Gasteiger partial charge in [-0.05, 0) is 37.1 Å². The van der Waals surface area contributed by atoms with Crippen molar-refractivity contribution in [2.24, 2.45) is 13.0 Å². The van der Waals surface area contributed by atoms with Gasteiger partial charge in [-0.15, -0.1) is 0 Å². The number of hydrogen-bond acceptors (Lipinski definition) is 4. The monoisotopic (exact) mass is 371 g/mol. The van der Waals surface area contributed by atoms with E-state index in [0.717, 1.165) is 10.9 Å². The highest BCUT2D eigenvalue weighted by atomic mass is 35.5.